The molecule has 0 saturated heterocycles. The lowest BCUT2D eigenvalue weighted by atomic mass is 9.75. The van der Waals surface area contributed by atoms with Gasteiger partial charge in [0.1, 0.15) is 5.41 Å². The molecule has 0 radical (unpaired) electrons. The number of halogens is 2. The zero-order chi connectivity index (χ0) is 24.1. The number of rotatable bonds is 6. The van der Waals surface area contributed by atoms with E-state index in [1.54, 1.807) is 43.3 Å². The van der Waals surface area contributed by atoms with E-state index in [0.29, 0.717) is 28.4 Å². The fourth-order valence-corrected chi connectivity index (χ4v) is 4.34. The number of amides is 2. The number of nitrogens with one attached hydrogen (secondary N) is 1. The fraction of sp³-hybridized carbons (Fsp3) is 0.192. The summed E-state index contributed by atoms with van der Waals surface area (Å²) in [5, 5.41) is 9.35. The number of esters is 1. The van der Waals surface area contributed by atoms with Crippen LogP contribution in [0.2, 0.25) is 5.02 Å². The van der Waals surface area contributed by atoms with Crippen molar-refractivity contribution in [3.63, 3.8) is 0 Å². The van der Waals surface area contributed by atoms with Crippen LogP contribution in [-0.2, 0) is 16.0 Å². The van der Waals surface area contributed by atoms with Gasteiger partial charge in [0.15, 0.2) is 0 Å². The first-order chi connectivity index (χ1) is 16.4. The van der Waals surface area contributed by atoms with E-state index >= 15 is 0 Å². The molecular formula is C26H23BrClN3O3. The topological polar surface area (TPSA) is 71.0 Å². The molecule has 0 aliphatic carbocycles. The molecule has 174 valence electrons. The molecule has 8 heteroatoms. The van der Waals surface area contributed by atoms with Crippen molar-refractivity contribution >= 4 is 50.9 Å². The highest BCUT2D eigenvalue weighted by Crippen LogP contribution is 2.37. The molecule has 4 rings (SSSR count). The zero-order valence-corrected chi connectivity index (χ0v) is 20.8. The molecule has 1 N–H and O–H groups in total. The summed E-state index contributed by atoms with van der Waals surface area (Å²) in [5.41, 5.74) is 1.55. The van der Waals surface area contributed by atoms with Crippen molar-refractivity contribution in [2.24, 2.45) is 10.5 Å². The lowest BCUT2D eigenvalue weighted by Gasteiger charge is -2.29. The van der Waals surface area contributed by atoms with Crippen LogP contribution in [0, 0.1) is 5.41 Å². The maximum absolute atomic E-state index is 13.5. The Morgan fingerprint density at radius 1 is 1.06 bits per heavy atom. The molecule has 0 saturated carbocycles. The van der Waals surface area contributed by atoms with Crippen molar-refractivity contribution in [3.8, 4) is 0 Å². The summed E-state index contributed by atoms with van der Waals surface area (Å²) in [4.78, 5) is 26.7. The molecule has 0 bridgehead atoms. The minimum absolute atomic E-state index is 0.0427. The highest BCUT2D eigenvalue weighted by molar-refractivity contribution is 9.10. The van der Waals surface area contributed by atoms with Crippen molar-refractivity contribution < 1.29 is 14.3 Å². The number of anilines is 1. The van der Waals surface area contributed by atoms with Crippen LogP contribution >= 0.6 is 27.5 Å². The molecule has 1 aliphatic rings. The van der Waals surface area contributed by atoms with E-state index < -0.39 is 17.4 Å². The smallest absolute Gasteiger partial charge is 0.342 e. The van der Waals surface area contributed by atoms with E-state index in [-0.39, 0.29) is 13.2 Å². The van der Waals surface area contributed by atoms with Gasteiger partial charge in [-0.25, -0.2) is 9.80 Å². The third-order valence-electron chi connectivity index (χ3n) is 5.56. The number of hydrazone groups is 1. The van der Waals surface area contributed by atoms with Crippen LogP contribution in [0.3, 0.4) is 0 Å². The Balaban J connectivity index is 1.75. The lowest BCUT2D eigenvalue weighted by Crippen LogP contribution is -2.46. The number of hydrogen-bond acceptors (Lipinski definition) is 4. The van der Waals surface area contributed by atoms with Gasteiger partial charge >= 0.3 is 12.0 Å². The number of carbonyl (C=O) groups is 2. The molecule has 1 atom stereocenters. The molecule has 1 heterocycles. The van der Waals surface area contributed by atoms with E-state index in [0.717, 1.165) is 10.0 Å². The van der Waals surface area contributed by atoms with Crippen LogP contribution in [0.25, 0.3) is 0 Å². The van der Waals surface area contributed by atoms with E-state index in [2.05, 4.69) is 26.3 Å². The summed E-state index contributed by atoms with van der Waals surface area (Å²) in [6, 6.07) is 23.5. The summed E-state index contributed by atoms with van der Waals surface area (Å²) in [6.07, 6.45) is 0.330. The largest absolute Gasteiger partial charge is 0.465 e. The van der Waals surface area contributed by atoms with Gasteiger partial charge in [-0.3, -0.25) is 4.79 Å². The normalized spacial score (nSPS) is 17.3. The number of carbonyl (C=O) groups excluding carboxylic acids is 2. The Bertz CT molecular complexity index is 1200. The lowest BCUT2D eigenvalue weighted by molar-refractivity contribution is -0.151. The maximum atomic E-state index is 13.5. The van der Waals surface area contributed by atoms with Gasteiger partial charge in [0, 0.05) is 15.2 Å². The molecule has 2 amide bonds. The zero-order valence-electron chi connectivity index (χ0n) is 18.5. The van der Waals surface area contributed by atoms with Gasteiger partial charge in [-0.15, -0.1) is 0 Å². The van der Waals surface area contributed by atoms with E-state index in [1.807, 2.05) is 42.5 Å². The second-order valence-corrected chi connectivity index (χ2v) is 9.27. The van der Waals surface area contributed by atoms with Gasteiger partial charge in [-0.1, -0.05) is 70.0 Å². The molecule has 3 aromatic carbocycles. The van der Waals surface area contributed by atoms with Crippen molar-refractivity contribution in [2.45, 2.75) is 13.3 Å². The van der Waals surface area contributed by atoms with Crippen LogP contribution < -0.4 is 5.32 Å². The first kappa shape index (κ1) is 24.0. The Hall–Kier alpha value is -3.16. The first-order valence-corrected chi connectivity index (χ1v) is 12.0. The Morgan fingerprint density at radius 2 is 1.74 bits per heavy atom. The molecular weight excluding hydrogens is 518 g/mol. The second kappa shape index (κ2) is 10.4. The predicted octanol–water partition coefficient (Wildman–Crippen LogP) is 6.15. The van der Waals surface area contributed by atoms with Gasteiger partial charge in [0.2, 0.25) is 0 Å². The minimum atomic E-state index is -1.18. The van der Waals surface area contributed by atoms with Crippen molar-refractivity contribution in [2.75, 3.05) is 18.5 Å². The van der Waals surface area contributed by atoms with Crippen LogP contribution in [0.1, 0.15) is 18.1 Å². The van der Waals surface area contributed by atoms with Crippen LogP contribution in [0.5, 0.6) is 0 Å². The number of nitrogens with zero attached hydrogens (tertiary/aromatic N) is 2. The molecule has 6 nitrogen and oxygen atoms in total. The average molecular weight is 541 g/mol. The van der Waals surface area contributed by atoms with Gasteiger partial charge < -0.3 is 10.1 Å². The third kappa shape index (κ3) is 5.16. The number of ether oxygens (including phenoxy) is 1. The fourth-order valence-electron chi connectivity index (χ4n) is 3.95. The number of hydrogen-bond donors (Lipinski definition) is 1. The average Bonchev–Trinajstić information content (AvgIpc) is 3.22. The molecule has 1 aliphatic heterocycles. The highest BCUT2D eigenvalue weighted by atomic mass is 79.9. The van der Waals surface area contributed by atoms with Gasteiger partial charge in [0.05, 0.1) is 18.9 Å². The van der Waals surface area contributed by atoms with Crippen LogP contribution in [0.4, 0.5) is 10.5 Å². The molecule has 0 aromatic heterocycles. The van der Waals surface area contributed by atoms with Gasteiger partial charge in [-0.2, -0.15) is 5.10 Å². The van der Waals surface area contributed by atoms with Crippen LogP contribution in [0.15, 0.2) is 88.4 Å². The summed E-state index contributed by atoms with van der Waals surface area (Å²) in [6.45, 7) is 2.02. The molecule has 34 heavy (non-hydrogen) atoms. The van der Waals surface area contributed by atoms with E-state index in [1.165, 1.54) is 5.01 Å². The van der Waals surface area contributed by atoms with Crippen LogP contribution in [-0.4, -0.2) is 35.9 Å². The van der Waals surface area contributed by atoms with Crippen molar-refractivity contribution in [1.29, 1.82) is 0 Å². The van der Waals surface area contributed by atoms with Crippen molar-refractivity contribution in [1.82, 2.24) is 5.01 Å². The maximum Gasteiger partial charge on any atom is 0.342 e. The van der Waals surface area contributed by atoms with Gasteiger partial charge in [0.25, 0.3) is 0 Å². The number of benzene rings is 3. The third-order valence-corrected chi connectivity index (χ3v) is 6.34. The Kier molecular flexibility index (Phi) is 7.34. The van der Waals surface area contributed by atoms with Crippen molar-refractivity contribution in [3.05, 3.63) is 99.5 Å². The number of urea groups is 1. The van der Waals surface area contributed by atoms with Gasteiger partial charge in [-0.05, 0) is 60.9 Å². The summed E-state index contributed by atoms with van der Waals surface area (Å²) >= 11 is 9.49. The second-order valence-electron chi connectivity index (χ2n) is 7.92. The molecule has 0 fully saturated rings. The SMILES string of the molecule is CCOC(=O)C1(Cc2ccccc2)CN(C(=O)Nc2ccc(Br)cc2)N=C1c1ccc(Cl)cc1. The Labute approximate surface area is 211 Å². The standard InChI is InChI=1S/C26H23BrClN3O3/c1-2-34-24(32)26(16-18-6-4-3-5-7-18)17-31(25(33)29-22-14-10-20(27)11-15-22)30-23(26)19-8-12-21(28)13-9-19/h3-15H,2,16-17H2,1H3,(H,29,33). The Morgan fingerprint density at radius 3 is 2.38 bits per heavy atom. The van der Waals surface area contributed by atoms with E-state index in [9.17, 15) is 9.59 Å². The van der Waals surface area contributed by atoms with E-state index in [4.69, 9.17) is 16.3 Å². The summed E-state index contributed by atoms with van der Waals surface area (Å²) in [7, 11) is 0. The summed E-state index contributed by atoms with van der Waals surface area (Å²) in [5.74, 6) is -0.425. The highest BCUT2D eigenvalue weighted by Gasteiger charge is 2.52. The molecule has 3 aromatic rings. The first-order valence-electron chi connectivity index (χ1n) is 10.8. The molecule has 0 spiro atoms. The summed E-state index contributed by atoms with van der Waals surface area (Å²) < 4.78 is 6.43. The quantitative estimate of drug-likeness (QED) is 0.381. The predicted molar refractivity (Wildman–Crippen MR) is 137 cm³/mol. The molecule has 1 unspecified atom stereocenters. The monoisotopic (exact) mass is 539 g/mol. The minimum Gasteiger partial charge on any atom is -0.465 e.